The molecular formula is C19H20BrNO4. The zero-order valence-corrected chi connectivity index (χ0v) is 15.7. The molecule has 0 aliphatic heterocycles. The van der Waals surface area contributed by atoms with Crippen LogP contribution in [0.4, 0.5) is 0 Å². The predicted octanol–water partition coefficient (Wildman–Crippen LogP) is 3.43. The van der Waals surface area contributed by atoms with Crippen LogP contribution in [0.5, 0.6) is 5.75 Å². The van der Waals surface area contributed by atoms with E-state index in [4.69, 9.17) is 9.84 Å². The number of hydrogen-bond acceptors (Lipinski definition) is 4. The van der Waals surface area contributed by atoms with E-state index in [2.05, 4.69) is 21.2 Å². The minimum atomic E-state index is -0.879. The van der Waals surface area contributed by atoms with E-state index < -0.39 is 5.97 Å². The van der Waals surface area contributed by atoms with E-state index in [1.54, 1.807) is 19.2 Å². The van der Waals surface area contributed by atoms with E-state index in [-0.39, 0.29) is 12.2 Å². The van der Waals surface area contributed by atoms with Gasteiger partial charge in [0, 0.05) is 16.6 Å². The maximum Gasteiger partial charge on any atom is 0.307 e. The fourth-order valence-electron chi connectivity index (χ4n) is 2.59. The first kappa shape index (κ1) is 19.1. The van der Waals surface area contributed by atoms with Gasteiger partial charge < -0.3 is 15.2 Å². The van der Waals surface area contributed by atoms with E-state index in [1.807, 2.05) is 24.3 Å². The number of ketones is 1. The molecule has 0 fully saturated rings. The van der Waals surface area contributed by atoms with Gasteiger partial charge in [0.25, 0.3) is 0 Å². The zero-order chi connectivity index (χ0) is 18.4. The molecule has 0 spiro atoms. The lowest BCUT2D eigenvalue weighted by molar-refractivity contribution is -0.136. The van der Waals surface area contributed by atoms with E-state index in [0.717, 1.165) is 21.2 Å². The summed E-state index contributed by atoms with van der Waals surface area (Å²) in [4.78, 5) is 22.2. The smallest absolute Gasteiger partial charge is 0.307 e. The quantitative estimate of drug-likeness (QED) is 0.703. The van der Waals surface area contributed by atoms with E-state index in [0.29, 0.717) is 24.4 Å². The van der Waals surface area contributed by atoms with Gasteiger partial charge in [0.1, 0.15) is 11.5 Å². The van der Waals surface area contributed by atoms with Gasteiger partial charge in [-0.05, 0) is 47.9 Å². The second-order valence-electron chi connectivity index (χ2n) is 5.71. The predicted molar refractivity (Wildman–Crippen MR) is 99.9 cm³/mol. The molecule has 5 nitrogen and oxygen atoms in total. The summed E-state index contributed by atoms with van der Waals surface area (Å²) >= 11 is 3.47. The third kappa shape index (κ3) is 5.41. The number of Topliss-reactive ketones (excluding diaryl/α,β-unsaturated/α-hetero) is 1. The number of methoxy groups -OCH3 is 1. The Morgan fingerprint density at radius 2 is 1.92 bits per heavy atom. The average Bonchev–Trinajstić information content (AvgIpc) is 2.54. The van der Waals surface area contributed by atoms with Gasteiger partial charge in [0.05, 0.1) is 20.1 Å². The number of halogens is 1. The summed E-state index contributed by atoms with van der Waals surface area (Å²) in [6.45, 7) is 2.34. The van der Waals surface area contributed by atoms with Crippen LogP contribution in [0.1, 0.15) is 18.1 Å². The first-order valence-electron chi connectivity index (χ1n) is 7.78. The third-order valence-electron chi connectivity index (χ3n) is 3.67. The molecule has 0 amide bonds. The number of nitrogens with one attached hydrogen (secondary N) is 1. The second kappa shape index (κ2) is 8.78. The molecule has 0 saturated carbocycles. The van der Waals surface area contributed by atoms with Crippen molar-refractivity contribution in [1.82, 2.24) is 5.32 Å². The number of carbonyl (C=O) groups is 2. The molecule has 2 aromatic carbocycles. The number of aliphatic carboxylic acids is 1. The Balaban J connectivity index is 2.45. The van der Waals surface area contributed by atoms with Gasteiger partial charge in [-0.1, -0.05) is 28.1 Å². The van der Waals surface area contributed by atoms with Crippen molar-refractivity contribution < 1.29 is 19.4 Å². The molecule has 0 heterocycles. The Morgan fingerprint density at radius 1 is 1.16 bits per heavy atom. The topological polar surface area (TPSA) is 75.6 Å². The van der Waals surface area contributed by atoms with Crippen LogP contribution in [0.2, 0.25) is 0 Å². The van der Waals surface area contributed by atoms with Gasteiger partial charge in [-0.2, -0.15) is 0 Å². The molecule has 0 aromatic heterocycles. The summed E-state index contributed by atoms with van der Waals surface area (Å²) in [6.07, 6.45) is -0.0502. The standard InChI is InChI=1S/C19H20BrNO4/c1-12(22)10-21-11-14-9-15(20)4-5-16(14)17-7-13(8-19(23)24)3-6-18(17)25-2/h3-7,9,21H,8,10-11H2,1-2H3,(H,23,24). The van der Waals surface area contributed by atoms with E-state index >= 15 is 0 Å². The highest BCUT2D eigenvalue weighted by Gasteiger charge is 2.13. The lowest BCUT2D eigenvalue weighted by Crippen LogP contribution is -2.20. The van der Waals surface area contributed by atoms with Gasteiger partial charge in [0.15, 0.2) is 0 Å². The normalized spacial score (nSPS) is 10.5. The molecule has 6 heteroatoms. The molecule has 2 N–H and O–H groups in total. The number of carboxylic acids is 1. The molecule has 0 aliphatic carbocycles. The van der Waals surface area contributed by atoms with Gasteiger partial charge in [-0.3, -0.25) is 9.59 Å². The molecular weight excluding hydrogens is 386 g/mol. The molecule has 0 bridgehead atoms. The van der Waals surface area contributed by atoms with Crippen LogP contribution in [-0.2, 0) is 22.6 Å². The van der Waals surface area contributed by atoms with Gasteiger partial charge in [-0.15, -0.1) is 0 Å². The van der Waals surface area contributed by atoms with Crippen LogP contribution in [-0.4, -0.2) is 30.5 Å². The highest BCUT2D eigenvalue weighted by molar-refractivity contribution is 9.10. The van der Waals surface area contributed by atoms with Crippen molar-refractivity contribution >= 4 is 27.7 Å². The molecule has 0 atom stereocenters. The summed E-state index contributed by atoms with van der Waals surface area (Å²) in [6, 6.07) is 11.2. The Morgan fingerprint density at radius 3 is 2.56 bits per heavy atom. The Bertz CT molecular complexity index is 789. The molecule has 0 saturated heterocycles. The van der Waals surface area contributed by atoms with Gasteiger partial charge in [0.2, 0.25) is 0 Å². The van der Waals surface area contributed by atoms with Crippen molar-refractivity contribution in [1.29, 1.82) is 0 Å². The second-order valence-corrected chi connectivity index (χ2v) is 6.63. The molecule has 0 radical (unpaired) electrons. The van der Waals surface area contributed by atoms with Crippen molar-refractivity contribution in [2.24, 2.45) is 0 Å². The van der Waals surface area contributed by atoms with Crippen LogP contribution in [0.3, 0.4) is 0 Å². The first-order valence-corrected chi connectivity index (χ1v) is 8.57. The number of rotatable bonds is 8. The number of benzene rings is 2. The van der Waals surface area contributed by atoms with Gasteiger partial charge >= 0.3 is 5.97 Å². The molecule has 0 aliphatic rings. The first-order chi connectivity index (χ1) is 11.9. The number of carbonyl (C=O) groups excluding carboxylic acids is 1. The Kier molecular flexibility index (Phi) is 6.73. The highest BCUT2D eigenvalue weighted by Crippen LogP contribution is 2.34. The largest absolute Gasteiger partial charge is 0.496 e. The van der Waals surface area contributed by atoms with Crippen molar-refractivity contribution in [3.63, 3.8) is 0 Å². The lowest BCUT2D eigenvalue weighted by atomic mass is 9.96. The van der Waals surface area contributed by atoms with Crippen molar-refractivity contribution in [3.8, 4) is 16.9 Å². The van der Waals surface area contributed by atoms with Crippen LogP contribution in [0, 0.1) is 0 Å². The van der Waals surface area contributed by atoms with Crippen molar-refractivity contribution in [3.05, 3.63) is 52.0 Å². The van der Waals surface area contributed by atoms with Crippen molar-refractivity contribution in [2.45, 2.75) is 19.9 Å². The molecule has 2 aromatic rings. The SMILES string of the molecule is COc1ccc(CC(=O)O)cc1-c1ccc(Br)cc1CNCC(C)=O. The molecule has 132 valence electrons. The Labute approximate surface area is 155 Å². The summed E-state index contributed by atoms with van der Waals surface area (Å²) in [5.74, 6) is -0.142. The van der Waals surface area contributed by atoms with Gasteiger partial charge in [-0.25, -0.2) is 0 Å². The Hall–Kier alpha value is -2.18. The van der Waals surface area contributed by atoms with Crippen LogP contribution in [0.25, 0.3) is 11.1 Å². The summed E-state index contributed by atoms with van der Waals surface area (Å²) < 4.78 is 6.38. The van der Waals surface area contributed by atoms with E-state index in [1.165, 1.54) is 6.92 Å². The van der Waals surface area contributed by atoms with E-state index in [9.17, 15) is 9.59 Å². The summed E-state index contributed by atoms with van der Waals surface area (Å²) in [7, 11) is 1.59. The zero-order valence-electron chi connectivity index (χ0n) is 14.1. The minimum absolute atomic E-state index is 0.0502. The van der Waals surface area contributed by atoms with Crippen molar-refractivity contribution in [2.75, 3.05) is 13.7 Å². The molecule has 25 heavy (non-hydrogen) atoms. The van der Waals surface area contributed by atoms with Crippen LogP contribution >= 0.6 is 15.9 Å². The fourth-order valence-corrected chi connectivity index (χ4v) is 3.00. The average molecular weight is 406 g/mol. The summed E-state index contributed by atoms with van der Waals surface area (Å²) in [5, 5.41) is 12.2. The maximum atomic E-state index is 11.2. The fraction of sp³-hybridized carbons (Fsp3) is 0.263. The van der Waals surface area contributed by atoms with Crippen LogP contribution < -0.4 is 10.1 Å². The number of ether oxygens (including phenoxy) is 1. The molecule has 2 rings (SSSR count). The minimum Gasteiger partial charge on any atom is -0.496 e. The summed E-state index contributed by atoms with van der Waals surface area (Å²) in [5.41, 5.74) is 3.45. The van der Waals surface area contributed by atoms with Crippen LogP contribution in [0.15, 0.2) is 40.9 Å². The number of carboxylic acid groups (broad SMARTS) is 1. The monoisotopic (exact) mass is 405 g/mol. The maximum absolute atomic E-state index is 11.2. The third-order valence-corrected chi connectivity index (χ3v) is 4.16. The number of hydrogen-bond donors (Lipinski definition) is 2. The highest BCUT2D eigenvalue weighted by atomic mass is 79.9. The molecule has 0 unspecified atom stereocenters. The lowest BCUT2D eigenvalue weighted by Gasteiger charge is -2.15.